The molecule has 250 valence electrons. The standard InChI is InChI=1S/C45H41NO2S2/c1-43(2,3)26-13-17-28(18-14-26)46(29-19-15-27(16-20-29)44(4,5)6)30-21-22-34-36(23-30)45(7,8)38-41(34)50-37-25-31(49-42(37)38)24-35-39(47)32-11-9-10-12-33(32)40(35)48/h9-25H,1-8H3. The summed E-state index contributed by atoms with van der Waals surface area (Å²) >= 11 is 3.49. The van der Waals surface area contributed by atoms with Crippen LogP contribution in [0.4, 0.5) is 17.1 Å². The lowest BCUT2D eigenvalue weighted by atomic mass is 9.82. The largest absolute Gasteiger partial charge is 0.310 e. The maximum atomic E-state index is 13.1. The summed E-state index contributed by atoms with van der Waals surface area (Å²) < 4.78 is 2.44. The molecule has 2 heterocycles. The number of nitrogens with zero attached hydrogens (tertiary/aromatic N) is 1. The van der Waals surface area contributed by atoms with Crippen molar-refractivity contribution < 1.29 is 9.59 Å². The van der Waals surface area contributed by atoms with E-state index in [1.165, 1.54) is 42.1 Å². The molecule has 0 radical (unpaired) electrons. The lowest BCUT2D eigenvalue weighted by Gasteiger charge is -2.29. The molecule has 2 aliphatic rings. The smallest absolute Gasteiger partial charge is 0.197 e. The number of Topliss-reactive ketones (excluding diaryl/α,β-unsaturated/α-hetero) is 2. The number of fused-ring (bicyclic) bond motifs is 6. The molecule has 0 aliphatic heterocycles. The van der Waals surface area contributed by atoms with Crippen molar-refractivity contribution in [1.82, 2.24) is 0 Å². The van der Waals surface area contributed by atoms with Crippen molar-refractivity contribution in [3.8, 4) is 10.4 Å². The molecule has 0 saturated heterocycles. The van der Waals surface area contributed by atoms with Crippen LogP contribution in [0.25, 0.3) is 25.9 Å². The van der Waals surface area contributed by atoms with Crippen LogP contribution in [-0.2, 0) is 16.2 Å². The third-order valence-corrected chi connectivity index (χ3v) is 12.8. The number of hydrogen-bond donors (Lipinski definition) is 0. The van der Waals surface area contributed by atoms with Crippen molar-refractivity contribution in [3.63, 3.8) is 0 Å². The van der Waals surface area contributed by atoms with Crippen molar-refractivity contribution in [2.75, 3.05) is 4.90 Å². The fourth-order valence-electron chi connectivity index (χ4n) is 7.47. The number of ketones is 2. The number of anilines is 3. The molecule has 4 aromatic carbocycles. The van der Waals surface area contributed by atoms with Gasteiger partial charge in [-0.25, -0.2) is 0 Å². The van der Waals surface area contributed by atoms with E-state index in [1.54, 1.807) is 29.5 Å². The molecule has 6 aromatic rings. The lowest BCUT2D eigenvalue weighted by molar-refractivity contribution is 0.0990. The minimum absolute atomic E-state index is 0.0727. The average molecular weight is 692 g/mol. The molecule has 0 N–H and O–H groups in total. The molecule has 2 aliphatic carbocycles. The van der Waals surface area contributed by atoms with Crippen LogP contribution in [0.2, 0.25) is 0 Å². The van der Waals surface area contributed by atoms with Crippen LogP contribution in [0.3, 0.4) is 0 Å². The van der Waals surface area contributed by atoms with Crippen molar-refractivity contribution >= 4 is 66.8 Å². The molecule has 5 heteroatoms. The Morgan fingerprint density at radius 2 is 1.14 bits per heavy atom. The fraction of sp³-hybridized carbons (Fsp3) is 0.244. The third kappa shape index (κ3) is 5.13. The first-order valence-electron chi connectivity index (χ1n) is 17.3. The second-order valence-corrected chi connectivity index (χ2v) is 18.3. The van der Waals surface area contributed by atoms with Crippen LogP contribution in [0.5, 0.6) is 0 Å². The average Bonchev–Trinajstić information content (AvgIpc) is 3.75. The van der Waals surface area contributed by atoms with Gasteiger partial charge >= 0.3 is 0 Å². The first-order valence-corrected chi connectivity index (χ1v) is 18.9. The molecule has 0 spiro atoms. The third-order valence-electron chi connectivity index (χ3n) is 10.4. The van der Waals surface area contributed by atoms with Gasteiger partial charge in [-0.15, -0.1) is 22.7 Å². The van der Waals surface area contributed by atoms with Gasteiger partial charge in [-0.1, -0.05) is 110 Å². The normalized spacial score (nSPS) is 15.0. The summed E-state index contributed by atoms with van der Waals surface area (Å²) in [5, 5.41) is 0. The Bertz CT molecular complexity index is 2290. The van der Waals surface area contributed by atoms with Gasteiger partial charge in [-0.3, -0.25) is 9.59 Å². The maximum absolute atomic E-state index is 13.1. The van der Waals surface area contributed by atoms with Gasteiger partial charge in [-0.05, 0) is 87.2 Å². The number of hydrogen-bond acceptors (Lipinski definition) is 5. The summed E-state index contributed by atoms with van der Waals surface area (Å²) in [5.41, 5.74) is 11.1. The highest BCUT2D eigenvalue weighted by molar-refractivity contribution is 7.30. The zero-order valence-electron chi connectivity index (χ0n) is 29.9. The molecular weight excluding hydrogens is 651 g/mol. The zero-order chi connectivity index (χ0) is 35.3. The van der Waals surface area contributed by atoms with Crippen molar-refractivity contribution in [2.45, 2.75) is 71.6 Å². The summed E-state index contributed by atoms with van der Waals surface area (Å²) in [5.74, 6) is -0.364. The van der Waals surface area contributed by atoms with Crippen LogP contribution < -0.4 is 4.90 Å². The predicted molar refractivity (Wildman–Crippen MR) is 212 cm³/mol. The van der Waals surface area contributed by atoms with E-state index in [4.69, 9.17) is 0 Å². The maximum Gasteiger partial charge on any atom is 0.197 e. The first kappa shape index (κ1) is 32.6. The van der Waals surface area contributed by atoms with Crippen molar-refractivity contribution in [3.05, 3.63) is 141 Å². The van der Waals surface area contributed by atoms with Gasteiger partial charge in [0, 0.05) is 48.1 Å². The van der Waals surface area contributed by atoms with Crippen LogP contribution in [0.1, 0.15) is 103 Å². The van der Waals surface area contributed by atoms with E-state index in [0.29, 0.717) is 11.1 Å². The Kier molecular flexibility index (Phi) is 7.31. The van der Waals surface area contributed by atoms with Gasteiger partial charge in [0.15, 0.2) is 11.6 Å². The molecule has 0 saturated carbocycles. The molecule has 3 nitrogen and oxygen atoms in total. The SMILES string of the molecule is CC(C)(C)c1ccc(N(c2ccc(C(C)(C)C)cc2)c2ccc3c(c2)C(C)(C)c2c-3sc3cc(C=C4C(=O)c5ccccc5C4=O)sc23)cc1. The highest BCUT2D eigenvalue weighted by atomic mass is 32.1. The Morgan fingerprint density at radius 3 is 1.66 bits per heavy atom. The molecule has 0 atom stereocenters. The Balaban J connectivity index is 1.20. The van der Waals surface area contributed by atoms with Crippen molar-refractivity contribution in [2.24, 2.45) is 0 Å². The van der Waals surface area contributed by atoms with Crippen LogP contribution in [-0.4, -0.2) is 11.6 Å². The van der Waals surface area contributed by atoms with Gasteiger partial charge in [0.25, 0.3) is 0 Å². The molecule has 0 unspecified atom stereocenters. The topological polar surface area (TPSA) is 37.4 Å². The summed E-state index contributed by atoms with van der Waals surface area (Å²) in [7, 11) is 0. The quantitative estimate of drug-likeness (QED) is 0.136. The molecule has 50 heavy (non-hydrogen) atoms. The van der Waals surface area contributed by atoms with Gasteiger partial charge in [0.05, 0.1) is 10.3 Å². The van der Waals surface area contributed by atoms with E-state index in [-0.39, 0.29) is 33.4 Å². The number of allylic oxidation sites excluding steroid dienone is 1. The van der Waals surface area contributed by atoms with E-state index in [1.807, 2.05) is 23.5 Å². The van der Waals surface area contributed by atoms with E-state index in [0.717, 1.165) is 21.9 Å². The van der Waals surface area contributed by atoms with Gasteiger partial charge < -0.3 is 4.90 Å². The summed E-state index contributed by atoms with van der Waals surface area (Å²) in [6, 6.07) is 34.2. The Labute approximate surface area is 302 Å². The number of benzene rings is 4. The van der Waals surface area contributed by atoms with E-state index in [2.05, 4.69) is 133 Å². The summed E-state index contributed by atoms with van der Waals surface area (Å²) in [4.78, 5) is 30.9. The van der Waals surface area contributed by atoms with Gasteiger partial charge in [0.1, 0.15) is 0 Å². The summed E-state index contributed by atoms with van der Waals surface area (Å²) in [6.45, 7) is 18.2. The zero-order valence-corrected chi connectivity index (χ0v) is 31.5. The highest BCUT2D eigenvalue weighted by Gasteiger charge is 2.40. The monoisotopic (exact) mass is 691 g/mol. The van der Waals surface area contributed by atoms with Crippen LogP contribution >= 0.6 is 22.7 Å². The molecule has 0 amide bonds. The number of carbonyl (C=O) groups excluding carboxylic acids is 2. The predicted octanol–water partition coefficient (Wildman–Crippen LogP) is 12.8. The van der Waals surface area contributed by atoms with Crippen LogP contribution in [0.15, 0.2) is 103 Å². The van der Waals surface area contributed by atoms with Crippen LogP contribution in [0, 0.1) is 0 Å². The molecule has 0 bridgehead atoms. The molecule has 2 aromatic heterocycles. The number of carbonyl (C=O) groups is 2. The minimum atomic E-state index is -0.235. The molecule has 0 fully saturated rings. The van der Waals surface area contributed by atoms with Crippen molar-refractivity contribution in [1.29, 1.82) is 0 Å². The summed E-state index contributed by atoms with van der Waals surface area (Å²) in [6.07, 6.45) is 1.80. The van der Waals surface area contributed by atoms with Gasteiger partial charge in [0.2, 0.25) is 0 Å². The lowest BCUT2D eigenvalue weighted by Crippen LogP contribution is -2.17. The Morgan fingerprint density at radius 1 is 0.620 bits per heavy atom. The molecular formula is C45H41NO2S2. The molecule has 8 rings (SSSR count). The van der Waals surface area contributed by atoms with E-state index >= 15 is 0 Å². The minimum Gasteiger partial charge on any atom is -0.310 e. The second kappa shape index (κ2) is 11.2. The number of thiophene rings is 2. The fourth-order valence-corrected chi connectivity index (χ4v) is 10.4. The second-order valence-electron chi connectivity index (χ2n) is 16.2. The first-order chi connectivity index (χ1) is 23.6. The van der Waals surface area contributed by atoms with E-state index in [9.17, 15) is 9.59 Å². The van der Waals surface area contributed by atoms with E-state index < -0.39 is 0 Å². The van der Waals surface area contributed by atoms with Gasteiger partial charge in [-0.2, -0.15) is 0 Å². The number of rotatable bonds is 4. The Hall–Kier alpha value is -4.58. The highest BCUT2D eigenvalue weighted by Crippen LogP contribution is 2.58.